The number of amides is 1. The SMILES string of the molecule is Cc1cccc(N2C(=O)C(O)=C(C(=O)C(C)C)C2c2c[nH]c3ccccc23)c1. The van der Waals surface area contributed by atoms with Gasteiger partial charge in [-0.3, -0.25) is 14.5 Å². The summed E-state index contributed by atoms with van der Waals surface area (Å²) in [7, 11) is 0. The highest BCUT2D eigenvalue weighted by molar-refractivity contribution is 6.17. The molecule has 2 heterocycles. The minimum absolute atomic E-state index is 0.159. The van der Waals surface area contributed by atoms with Gasteiger partial charge in [0.15, 0.2) is 11.5 Å². The van der Waals surface area contributed by atoms with Gasteiger partial charge in [-0.05, 0) is 30.7 Å². The second-order valence-corrected chi connectivity index (χ2v) is 7.49. The van der Waals surface area contributed by atoms with E-state index in [4.69, 9.17) is 0 Å². The molecule has 4 rings (SSSR count). The molecule has 5 nitrogen and oxygen atoms in total. The number of Topliss-reactive ketones (excluding diaryl/α,β-unsaturated/α-hetero) is 1. The largest absolute Gasteiger partial charge is 0.503 e. The molecule has 28 heavy (non-hydrogen) atoms. The lowest BCUT2D eigenvalue weighted by Crippen LogP contribution is -2.31. The van der Waals surface area contributed by atoms with Gasteiger partial charge in [-0.15, -0.1) is 0 Å². The van der Waals surface area contributed by atoms with Crippen LogP contribution in [0, 0.1) is 12.8 Å². The van der Waals surface area contributed by atoms with Crippen LogP contribution in [0.5, 0.6) is 0 Å². The smallest absolute Gasteiger partial charge is 0.294 e. The van der Waals surface area contributed by atoms with Crippen molar-refractivity contribution in [3.05, 3.63) is 77.2 Å². The number of nitrogens with zero attached hydrogens (tertiary/aromatic N) is 1. The molecule has 5 heteroatoms. The van der Waals surface area contributed by atoms with E-state index in [0.717, 1.165) is 22.0 Å². The molecule has 1 unspecified atom stereocenters. The number of aryl methyl sites for hydroxylation is 1. The maximum atomic E-state index is 13.1. The zero-order valence-electron chi connectivity index (χ0n) is 16.1. The highest BCUT2D eigenvalue weighted by Gasteiger charge is 2.45. The van der Waals surface area contributed by atoms with Crippen LogP contribution in [-0.2, 0) is 9.59 Å². The lowest BCUT2D eigenvalue weighted by molar-refractivity contribution is -0.119. The van der Waals surface area contributed by atoms with E-state index in [-0.39, 0.29) is 17.3 Å². The first kappa shape index (κ1) is 18.0. The third-order valence-corrected chi connectivity index (χ3v) is 5.19. The van der Waals surface area contributed by atoms with Crippen molar-refractivity contribution in [3.63, 3.8) is 0 Å². The molecule has 1 aliphatic heterocycles. The van der Waals surface area contributed by atoms with Crippen LogP contribution in [0.25, 0.3) is 10.9 Å². The van der Waals surface area contributed by atoms with Gasteiger partial charge in [0, 0.05) is 34.3 Å². The fourth-order valence-electron chi connectivity index (χ4n) is 3.83. The lowest BCUT2D eigenvalue weighted by Gasteiger charge is -2.27. The van der Waals surface area contributed by atoms with Gasteiger partial charge in [0.25, 0.3) is 5.91 Å². The van der Waals surface area contributed by atoms with Crippen LogP contribution in [0.15, 0.2) is 66.1 Å². The van der Waals surface area contributed by atoms with Crippen molar-refractivity contribution in [2.45, 2.75) is 26.8 Å². The quantitative estimate of drug-likeness (QED) is 0.701. The standard InChI is InChI=1S/C23H22N2O3/c1-13(2)21(26)19-20(17-12-24-18-10-5-4-9-16(17)18)25(23(28)22(19)27)15-8-6-7-14(3)11-15/h4-13,20,24,27H,1-3H3. The van der Waals surface area contributed by atoms with Gasteiger partial charge in [0.2, 0.25) is 0 Å². The number of carbonyl (C=O) groups excluding carboxylic acids is 2. The van der Waals surface area contributed by atoms with Gasteiger partial charge in [0.1, 0.15) is 0 Å². The molecular formula is C23H22N2O3. The van der Waals surface area contributed by atoms with Gasteiger partial charge < -0.3 is 10.1 Å². The minimum atomic E-state index is -0.680. The maximum absolute atomic E-state index is 13.1. The van der Waals surface area contributed by atoms with Crippen LogP contribution in [0.2, 0.25) is 0 Å². The van der Waals surface area contributed by atoms with E-state index < -0.39 is 17.7 Å². The second kappa shape index (κ2) is 6.68. The van der Waals surface area contributed by atoms with Crippen molar-refractivity contribution in [2.75, 3.05) is 4.90 Å². The number of anilines is 1. The van der Waals surface area contributed by atoms with Crippen molar-refractivity contribution < 1.29 is 14.7 Å². The summed E-state index contributed by atoms with van der Waals surface area (Å²) < 4.78 is 0. The van der Waals surface area contributed by atoms with Crippen molar-refractivity contribution >= 4 is 28.3 Å². The predicted octanol–water partition coefficient (Wildman–Crippen LogP) is 4.60. The fourth-order valence-corrected chi connectivity index (χ4v) is 3.83. The molecule has 1 amide bonds. The number of hydrogen-bond donors (Lipinski definition) is 2. The number of aliphatic hydroxyl groups excluding tert-OH is 1. The Morgan fingerprint density at radius 1 is 1.14 bits per heavy atom. The first-order valence-electron chi connectivity index (χ1n) is 9.33. The Morgan fingerprint density at radius 2 is 1.89 bits per heavy atom. The number of para-hydroxylation sites is 1. The van der Waals surface area contributed by atoms with Crippen LogP contribution < -0.4 is 4.90 Å². The Bertz CT molecular complexity index is 1120. The predicted molar refractivity (Wildman–Crippen MR) is 109 cm³/mol. The Hall–Kier alpha value is -3.34. The maximum Gasteiger partial charge on any atom is 0.294 e. The third kappa shape index (κ3) is 2.71. The van der Waals surface area contributed by atoms with E-state index in [0.29, 0.717) is 5.69 Å². The highest BCUT2D eigenvalue weighted by Crippen LogP contribution is 2.43. The van der Waals surface area contributed by atoms with Crippen LogP contribution in [0.4, 0.5) is 5.69 Å². The summed E-state index contributed by atoms with van der Waals surface area (Å²) in [6.45, 7) is 5.49. The third-order valence-electron chi connectivity index (χ3n) is 5.19. The van der Waals surface area contributed by atoms with Crippen LogP contribution >= 0.6 is 0 Å². The number of aromatic nitrogens is 1. The van der Waals surface area contributed by atoms with Gasteiger partial charge in [0.05, 0.1) is 11.6 Å². The molecular weight excluding hydrogens is 352 g/mol. The van der Waals surface area contributed by atoms with Crippen molar-refractivity contribution in [2.24, 2.45) is 5.92 Å². The Labute approximate surface area is 163 Å². The average molecular weight is 374 g/mol. The number of ketones is 1. The molecule has 0 saturated carbocycles. The van der Waals surface area contributed by atoms with Crippen LogP contribution in [0.1, 0.15) is 31.0 Å². The van der Waals surface area contributed by atoms with Crippen molar-refractivity contribution in [1.29, 1.82) is 0 Å². The van der Waals surface area contributed by atoms with E-state index in [9.17, 15) is 14.7 Å². The van der Waals surface area contributed by atoms with E-state index >= 15 is 0 Å². The number of fused-ring (bicyclic) bond motifs is 1. The summed E-state index contributed by atoms with van der Waals surface area (Å²) in [5.41, 5.74) is 3.51. The number of H-pyrrole nitrogens is 1. The molecule has 0 saturated heterocycles. The van der Waals surface area contributed by atoms with E-state index in [1.54, 1.807) is 13.8 Å². The van der Waals surface area contributed by atoms with Gasteiger partial charge >= 0.3 is 0 Å². The summed E-state index contributed by atoms with van der Waals surface area (Å²) in [6.07, 6.45) is 1.82. The molecule has 1 atom stereocenters. The van der Waals surface area contributed by atoms with E-state index in [1.165, 1.54) is 4.90 Å². The molecule has 2 N–H and O–H groups in total. The molecule has 0 aliphatic carbocycles. The molecule has 1 aromatic heterocycles. The lowest BCUT2D eigenvalue weighted by atomic mass is 9.91. The molecule has 142 valence electrons. The van der Waals surface area contributed by atoms with E-state index in [2.05, 4.69) is 4.98 Å². The summed E-state index contributed by atoms with van der Waals surface area (Å²) in [4.78, 5) is 30.8. The Morgan fingerprint density at radius 3 is 2.61 bits per heavy atom. The topological polar surface area (TPSA) is 73.4 Å². The first-order chi connectivity index (χ1) is 13.4. The Kier molecular flexibility index (Phi) is 4.30. The summed E-state index contributed by atoms with van der Waals surface area (Å²) in [6, 6.07) is 14.6. The number of benzene rings is 2. The number of aliphatic hydroxyl groups is 1. The van der Waals surface area contributed by atoms with Gasteiger partial charge in [-0.2, -0.15) is 0 Å². The van der Waals surface area contributed by atoms with Crippen molar-refractivity contribution in [3.8, 4) is 0 Å². The highest BCUT2D eigenvalue weighted by atomic mass is 16.3. The number of aromatic amines is 1. The molecule has 0 fully saturated rings. The van der Waals surface area contributed by atoms with Crippen LogP contribution in [-0.4, -0.2) is 21.8 Å². The number of rotatable bonds is 4. The van der Waals surface area contributed by atoms with Gasteiger partial charge in [-0.1, -0.05) is 44.2 Å². The molecule has 1 aliphatic rings. The monoisotopic (exact) mass is 374 g/mol. The first-order valence-corrected chi connectivity index (χ1v) is 9.33. The number of nitrogens with one attached hydrogen (secondary N) is 1. The number of carbonyl (C=O) groups is 2. The molecule has 0 bridgehead atoms. The van der Waals surface area contributed by atoms with Crippen molar-refractivity contribution in [1.82, 2.24) is 4.98 Å². The normalized spacial score (nSPS) is 17.2. The minimum Gasteiger partial charge on any atom is -0.503 e. The fraction of sp³-hybridized carbons (Fsp3) is 0.217. The summed E-state index contributed by atoms with van der Waals surface area (Å²) >= 11 is 0. The van der Waals surface area contributed by atoms with Gasteiger partial charge in [-0.25, -0.2) is 0 Å². The average Bonchev–Trinajstić information content (AvgIpc) is 3.20. The molecule has 3 aromatic rings. The Balaban J connectivity index is 1.96. The van der Waals surface area contributed by atoms with E-state index in [1.807, 2.05) is 61.7 Å². The molecule has 0 spiro atoms. The zero-order valence-corrected chi connectivity index (χ0v) is 16.1. The van der Waals surface area contributed by atoms with Crippen LogP contribution in [0.3, 0.4) is 0 Å². The molecule has 0 radical (unpaired) electrons. The number of hydrogen-bond acceptors (Lipinski definition) is 3. The summed E-state index contributed by atoms with van der Waals surface area (Å²) in [5.74, 6) is -1.58. The second-order valence-electron chi connectivity index (χ2n) is 7.49. The summed E-state index contributed by atoms with van der Waals surface area (Å²) in [5, 5.41) is 11.6. The molecule has 2 aromatic carbocycles. The zero-order chi connectivity index (χ0) is 20.0.